The minimum atomic E-state index is -1.40. The number of halogens is 2. The third-order valence-electron chi connectivity index (χ3n) is 7.24. The number of nitrogens with two attached hydrogens (primary N) is 1. The van der Waals surface area contributed by atoms with Crippen LogP contribution in [-0.4, -0.2) is 23.5 Å². The van der Waals surface area contributed by atoms with Gasteiger partial charge < -0.3 is 15.7 Å². The molecule has 3 aromatic carbocycles. The van der Waals surface area contributed by atoms with Crippen molar-refractivity contribution in [2.45, 2.75) is 57.4 Å². The first kappa shape index (κ1) is 27.0. The van der Waals surface area contributed by atoms with Gasteiger partial charge in [-0.3, -0.25) is 4.79 Å². The lowest BCUT2D eigenvalue weighted by atomic mass is 9.79. The fourth-order valence-corrected chi connectivity index (χ4v) is 5.55. The molecule has 0 aliphatic carbocycles. The molecule has 194 valence electrons. The number of nitrogens with zero attached hydrogens (tertiary/aromatic N) is 1. The van der Waals surface area contributed by atoms with Crippen molar-refractivity contribution in [3.63, 3.8) is 0 Å². The van der Waals surface area contributed by atoms with Crippen LogP contribution in [-0.2, 0) is 28.6 Å². The van der Waals surface area contributed by atoms with Crippen LogP contribution in [0.4, 0.5) is 5.69 Å². The van der Waals surface area contributed by atoms with Gasteiger partial charge in [-0.1, -0.05) is 86.4 Å². The molecular formula is C30H32Cl2N2O3. The van der Waals surface area contributed by atoms with Crippen molar-refractivity contribution >= 4 is 40.8 Å². The molecular weight excluding hydrogens is 507 g/mol. The molecule has 3 aromatic rings. The van der Waals surface area contributed by atoms with Gasteiger partial charge in [0, 0.05) is 13.0 Å². The number of carbonyl (C=O) groups is 2. The van der Waals surface area contributed by atoms with E-state index < -0.39 is 17.4 Å². The molecule has 0 spiro atoms. The number of para-hydroxylation sites is 1. The lowest BCUT2D eigenvalue weighted by molar-refractivity contribution is -0.123. The van der Waals surface area contributed by atoms with Gasteiger partial charge in [-0.2, -0.15) is 0 Å². The second-order valence-electron chi connectivity index (χ2n) is 10.7. The Balaban J connectivity index is 1.99. The second kappa shape index (κ2) is 10.4. The van der Waals surface area contributed by atoms with Crippen LogP contribution in [0.25, 0.3) is 0 Å². The van der Waals surface area contributed by atoms with Gasteiger partial charge in [-0.25, -0.2) is 4.79 Å². The molecule has 1 aliphatic rings. The Morgan fingerprint density at radius 2 is 1.62 bits per heavy atom. The van der Waals surface area contributed by atoms with Crippen molar-refractivity contribution in [2.75, 3.05) is 11.4 Å². The Morgan fingerprint density at radius 3 is 2.22 bits per heavy atom. The number of aromatic carboxylic acids is 1. The van der Waals surface area contributed by atoms with Crippen LogP contribution in [0.1, 0.15) is 66.2 Å². The highest BCUT2D eigenvalue weighted by molar-refractivity contribution is 6.42. The molecule has 1 amide bonds. The van der Waals surface area contributed by atoms with E-state index in [9.17, 15) is 14.7 Å². The number of amides is 1. The monoisotopic (exact) mass is 538 g/mol. The standard InChI is InChI=1S/C30H32Cl2N2O3/c1-29(2,3)21-12-10-19(11-13-21)18-30(28(33)37,22-14-15-24(31)25(32)17-22)34-16-5-4-7-20-8-6-9-23(26(20)34)27(35)36/h6,8-15,17H,4-5,7,16,18H2,1-3H3,(H2,33,37)(H,35,36). The first-order chi connectivity index (χ1) is 17.4. The van der Waals surface area contributed by atoms with E-state index in [0.29, 0.717) is 34.3 Å². The molecule has 0 bridgehead atoms. The number of benzene rings is 3. The molecule has 3 N–H and O–H groups in total. The minimum Gasteiger partial charge on any atom is -0.478 e. The molecule has 0 saturated heterocycles. The lowest BCUT2D eigenvalue weighted by Crippen LogP contribution is -2.57. The molecule has 37 heavy (non-hydrogen) atoms. The number of carboxylic acids is 1. The van der Waals surface area contributed by atoms with Crippen molar-refractivity contribution in [1.29, 1.82) is 0 Å². The number of hydrogen-bond acceptors (Lipinski definition) is 3. The maximum atomic E-state index is 13.7. The molecule has 0 radical (unpaired) electrons. The van der Waals surface area contributed by atoms with E-state index in [4.69, 9.17) is 28.9 Å². The summed E-state index contributed by atoms with van der Waals surface area (Å²) in [5.74, 6) is -1.63. The Labute approximate surface area is 228 Å². The molecule has 1 unspecified atom stereocenters. The number of anilines is 1. The second-order valence-corrected chi connectivity index (χ2v) is 11.5. The van der Waals surface area contributed by atoms with Crippen molar-refractivity contribution in [1.82, 2.24) is 0 Å². The van der Waals surface area contributed by atoms with E-state index in [1.165, 1.54) is 5.56 Å². The van der Waals surface area contributed by atoms with Crippen LogP contribution in [0.3, 0.4) is 0 Å². The van der Waals surface area contributed by atoms with E-state index in [2.05, 4.69) is 32.9 Å². The highest BCUT2D eigenvalue weighted by atomic mass is 35.5. The summed E-state index contributed by atoms with van der Waals surface area (Å²) in [5.41, 5.74) is 9.07. The smallest absolute Gasteiger partial charge is 0.337 e. The zero-order valence-electron chi connectivity index (χ0n) is 21.4. The van der Waals surface area contributed by atoms with Crippen LogP contribution in [0.15, 0.2) is 60.7 Å². The summed E-state index contributed by atoms with van der Waals surface area (Å²) in [6, 6.07) is 18.5. The molecule has 1 heterocycles. The van der Waals surface area contributed by atoms with Gasteiger partial charge in [0.1, 0.15) is 5.54 Å². The SMILES string of the molecule is CC(C)(C)c1ccc(CC(C(N)=O)(c2ccc(Cl)c(Cl)c2)N2CCCCc3cccc(C(=O)O)c32)cc1. The summed E-state index contributed by atoms with van der Waals surface area (Å²) >= 11 is 12.7. The Hall–Kier alpha value is -3.02. The van der Waals surface area contributed by atoms with Crippen molar-refractivity contribution in [3.8, 4) is 0 Å². The molecule has 0 fully saturated rings. The van der Waals surface area contributed by atoms with Gasteiger partial charge in [0.25, 0.3) is 0 Å². The van der Waals surface area contributed by atoms with Gasteiger partial charge >= 0.3 is 5.97 Å². The lowest BCUT2D eigenvalue weighted by Gasteiger charge is -2.44. The van der Waals surface area contributed by atoms with Crippen LogP contribution in [0.2, 0.25) is 10.0 Å². The zero-order chi connectivity index (χ0) is 27.0. The number of primary amides is 1. The molecule has 1 aliphatic heterocycles. The van der Waals surface area contributed by atoms with Crippen molar-refractivity contribution in [2.24, 2.45) is 5.73 Å². The Morgan fingerprint density at radius 1 is 0.946 bits per heavy atom. The van der Waals surface area contributed by atoms with Crippen LogP contribution in [0.5, 0.6) is 0 Å². The van der Waals surface area contributed by atoms with E-state index in [1.807, 2.05) is 23.1 Å². The highest BCUT2D eigenvalue weighted by Crippen LogP contribution is 2.43. The van der Waals surface area contributed by atoms with Gasteiger partial charge in [0.2, 0.25) is 5.91 Å². The normalized spacial score (nSPS) is 15.4. The average molecular weight is 540 g/mol. The van der Waals surface area contributed by atoms with E-state index in [1.54, 1.807) is 30.3 Å². The van der Waals surface area contributed by atoms with E-state index in [-0.39, 0.29) is 17.4 Å². The van der Waals surface area contributed by atoms with Crippen LogP contribution < -0.4 is 10.6 Å². The summed E-state index contributed by atoms with van der Waals surface area (Å²) in [6.45, 7) is 6.90. The number of carbonyl (C=O) groups excluding carboxylic acids is 1. The fourth-order valence-electron chi connectivity index (χ4n) is 5.25. The first-order valence-corrected chi connectivity index (χ1v) is 13.2. The van der Waals surface area contributed by atoms with Gasteiger partial charge in [-0.15, -0.1) is 0 Å². The quantitative estimate of drug-likeness (QED) is 0.363. The predicted octanol–water partition coefficient (Wildman–Crippen LogP) is 6.76. The minimum absolute atomic E-state index is 0.0247. The summed E-state index contributed by atoms with van der Waals surface area (Å²) in [4.78, 5) is 28.0. The maximum absolute atomic E-state index is 13.7. The van der Waals surface area contributed by atoms with Gasteiger partial charge in [-0.05, 0) is 65.1 Å². The maximum Gasteiger partial charge on any atom is 0.337 e. The number of aryl methyl sites for hydroxylation is 1. The Bertz CT molecular complexity index is 1330. The molecule has 5 nitrogen and oxygen atoms in total. The highest BCUT2D eigenvalue weighted by Gasteiger charge is 2.47. The summed E-state index contributed by atoms with van der Waals surface area (Å²) < 4.78 is 0. The average Bonchev–Trinajstić information content (AvgIpc) is 3.06. The summed E-state index contributed by atoms with van der Waals surface area (Å²) in [5, 5.41) is 10.8. The van der Waals surface area contributed by atoms with Crippen LogP contribution >= 0.6 is 23.2 Å². The molecule has 0 saturated carbocycles. The van der Waals surface area contributed by atoms with Crippen LogP contribution in [0, 0.1) is 0 Å². The largest absolute Gasteiger partial charge is 0.478 e. The van der Waals surface area contributed by atoms with Gasteiger partial charge in [0.15, 0.2) is 0 Å². The molecule has 7 heteroatoms. The predicted molar refractivity (Wildman–Crippen MR) is 150 cm³/mol. The zero-order valence-corrected chi connectivity index (χ0v) is 22.9. The molecule has 1 atom stereocenters. The van der Waals surface area contributed by atoms with Crippen molar-refractivity contribution in [3.05, 3.63) is 98.5 Å². The number of fused-ring (bicyclic) bond motifs is 1. The number of hydrogen-bond donors (Lipinski definition) is 2. The first-order valence-electron chi connectivity index (χ1n) is 12.4. The third-order valence-corrected chi connectivity index (χ3v) is 7.98. The number of rotatable bonds is 6. The number of carboxylic acid groups (broad SMARTS) is 1. The topological polar surface area (TPSA) is 83.6 Å². The molecule has 4 rings (SSSR count). The van der Waals surface area contributed by atoms with Crippen molar-refractivity contribution < 1.29 is 14.7 Å². The summed E-state index contributed by atoms with van der Waals surface area (Å²) in [7, 11) is 0. The molecule has 0 aromatic heterocycles. The van der Waals surface area contributed by atoms with E-state index in [0.717, 1.165) is 24.0 Å². The van der Waals surface area contributed by atoms with E-state index >= 15 is 0 Å². The summed E-state index contributed by atoms with van der Waals surface area (Å²) in [6.07, 6.45) is 2.58. The Kier molecular flexibility index (Phi) is 7.59. The van der Waals surface area contributed by atoms with Gasteiger partial charge in [0.05, 0.1) is 21.3 Å². The third kappa shape index (κ3) is 5.21. The fraction of sp³-hybridized carbons (Fsp3) is 0.333.